The van der Waals surface area contributed by atoms with Crippen LogP contribution in [-0.2, 0) is 0 Å². The van der Waals surface area contributed by atoms with Crippen molar-refractivity contribution in [2.24, 2.45) is 5.73 Å². The first-order chi connectivity index (χ1) is 8.37. The lowest BCUT2D eigenvalue weighted by Crippen LogP contribution is -2.35. The van der Waals surface area contributed by atoms with Crippen molar-refractivity contribution in [1.29, 1.82) is 0 Å². The van der Waals surface area contributed by atoms with E-state index in [-0.39, 0.29) is 12.3 Å². The predicted octanol–water partition coefficient (Wildman–Crippen LogP) is 1.99. The van der Waals surface area contributed by atoms with Crippen molar-refractivity contribution in [2.75, 3.05) is 20.2 Å². The van der Waals surface area contributed by atoms with Gasteiger partial charge in [0.15, 0.2) is 11.6 Å². The van der Waals surface area contributed by atoms with Gasteiger partial charge in [0.1, 0.15) is 0 Å². The van der Waals surface area contributed by atoms with Gasteiger partial charge < -0.3 is 15.8 Å². The second-order valence-corrected chi connectivity index (χ2v) is 3.68. The van der Waals surface area contributed by atoms with Crippen LogP contribution in [0.3, 0.4) is 0 Å². The Labute approximate surface area is 102 Å². The van der Waals surface area contributed by atoms with E-state index in [1.165, 1.54) is 19.2 Å². The molecule has 0 aliphatic carbocycles. The van der Waals surface area contributed by atoms with Gasteiger partial charge in [-0.2, -0.15) is 13.2 Å². The van der Waals surface area contributed by atoms with Gasteiger partial charge in [-0.25, -0.2) is 4.39 Å². The van der Waals surface area contributed by atoms with Gasteiger partial charge in [-0.05, 0) is 17.7 Å². The number of benzene rings is 1. The van der Waals surface area contributed by atoms with E-state index in [2.05, 4.69) is 5.32 Å². The summed E-state index contributed by atoms with van der Waals surface area (Å²) >= 11 is 0. The third-order valence-corrected chi connectivity index (χ3v) is 2.36. The molecule has 0 aliphatic rings. The van der Waals surface area contributed by atoms with Crippen molar-refractivity contribution >= 4 is 0 Å². The fraction of sp³-hybridized carbons (Fsp3) is 0.455. The first kappa shape index (κ1) is 14.7. The molecule has 0 aliphatic heterocycles. The van der Waals surface area contributed by atoms with E-state index in [0.717, 1.165) is 6.07 Å². The van der Waals surface area contributed by atoms with E-state index in [1.807, 2.05) is 0 Å². The number of hydrogen-bond donors (Lipinski definition) is 2. The van der Waals surface area contributed by atoms with E-state index in [9.17, 15) is 17.6 Å². The molecule has 0 saturated carbocycles. The number of nitrogens with one attached hydrogen (secondary N) is 1. The summed E-state index contributed by atoms with van der Waals surface area (Å²) in [6.07, 6.45) is -4.33. The quantitative estimate of drug-likeness (QED) is 0.801. The molecule has 7 heteroatoms. The zero-order valence-electron chi connectivity index (χ0n) is 9.72. The van der Waals surface area contributed by atoms with Crippen LogP contribution >= 0.6 is 0 Å². The van der Waals surface area contributed by atoms with Crippen molar-refractivity contribution in [3.8, 4) is 5.75 Å². The van der Waals surface area contributed by atoms with Gasteiger partial charge in [0.2, 0.25) is 0 Å². The van der Waals surface area contributed by atoms with Crippen LogP contribution in [0.4, 0.5) is 17.6 Å². The first-order valence-corrected chi connectivity index (χ1v) is 5.21. The van der Waals surface area contributed by atoms with Crippen LogP contribution in [0.15, 0.2) is 18.2 Å². The van der Waals surface area contributed by atoms with Gasteiger partial charge in [0, 0.05) is 12.6 Å². The zero-order chi connectivity index (χ0) is 13.8. The summed E-state index contributed by atoms with van der Waals surface area (Å²) in [6, 6.07) is 3.18. The topological polar surface area (TPSA) is 47.3 Å². The number of alkyl halides is 3. The van der Waals surface area contributed by atoms with Crippen LogP contribution < -0.4 is 15.8 Å². The molecular formula is C11H14F4N2O. The summed E-state index contributed by atoms with van der Waals surface area (Å²) in [6.45, 7) is -1.25. The van der Waals surface area contributed by atoms with Gasteiger partial charge in [0.05, 0.1) is 13.7 Å². The number of nitrogens with two attached hydrogens (primary N) is 1. The van der Waals surface area contributed by atoms with Crippen molar-refractivity contribution in [3.05, 3.63) is 29.6 Å². The normalized spacial score (nSPS) is 13.4. The molecule has 0 heterocycles. The van der Waals surface area contributed by atoms with Gasteiger partial charge in [-0.1, -0.05) is 6.07 Å². The lowest BCUT2D eigenvalue weighted by molar-refractivity contribution is -0.126. The minimum Gasteiger partial charge on any atom is -0.494 e. The second-order valence-electron chi connectivity index (χ2n) is 3.68. The van der Waals surface area contributed by atoms with E-state index in [0.29, 0.717) is 5.56 Å². The largest absolute Gasteiger partial charge is 0.494 e. The van der Waals surface area contributed by atoms with Gasteiger partial charge >= 0.3 is 6.18 Å². The van der Waals surface area contributed by atoms with Crippen molar-refractivity contribution in [1.82, 2.24) is 5.32 Å². The minimum absolute atomic E-state index is 0.0327. The zero-order valence-corrected chi connectivity index (χ0v) is 9.72. The molecule has 18 heavy (non-hydrogen) atoms. The monoisotopic (exact) mass is 266 g/mol. The second kappa shape index (κ2) is 6.01. The van der Waals surface area contributed by atoms with E-state index in [1.54, 1.807) is 0 Å². The number of rotatable bonds is 5. The van der Waals surface area contributed by atoms with Crippen LogP contribution in [-0.4, -0.2) is 26.4 Å². The summed E-state index contributed by atoms with van der Waals surface area (Å²) in [4.78, 5) is 0. The predicted molar refractivity (Wildman–Crippen MR) is 58.8 cm³/mol. The Morgan fingerprint density at radius 3 is 2.50 bits per heavy atom. The molecule has 3 nitrogen and oxygen atoms in total. The van der Waals surface area contributed by atoms with Crippen molar-refractivity contribution in [2.45, 2.75) is 12.2 Å². The van der Waals surface area contributed by atoms with Crippen LogP contribution in [0.2, 0.25) is 0 Å². The highest BCUT2D eigenvalue weighted by atomic mass is 19.4. The average Bonchev–Trinajstić information content (AvgIpc) is 2.28. The van der Waals surface area contributed by atoms with E-state index in [4.69, 9.17) is 10.5 Å². The molecule has 1 aromatic carbocycles. The Morgan fingerprint density at radius 2 is 2.06 bits per heavy atom. The summed E-state index contributed by atoms with van der Waals surface area (Å²) in [5, 5.41) is 2.23. The Morgan fingerprint density at radius 1 is 1.39 bits per heavy atom. The molecule has 102 valence electrons. The van der Waals surface area contributed by atoms with Gasteiger partial charge in [-0.3, -0.25) is 0 Å². The SMILES string of the molecule is COc1ccc(C(CN)NCC(F)(F)F)cc1F. The number of ether oxygens (including phenoxy) is 1. The van der Waals surface area contributed by atoms with Crippen LogP contribution in [0.5, 0.6) is 5.75 Å². The lowest BCUT2D eigenvalue weighted by atomic mass is 10.1. The highest BCUT2D eigenvalue weighted by Crippen LogP contribution is 2.22. The number of hydrogen-bond acceptors (Lipinski definition) is 3. The summed E-state index contributed by atoms with van der Waals surface area (Å²) in [5.41, 5.74) is 5.72. The molecule has 0 saturated heterocycles. The third-order valence-electron chi connectivity index (χ3n) is 2.36. The molecule has 1 atom stereocenters. The Kier molecular flexibility index (Phi) is 4.92. The molecule has 3 N–H and O–H groups in total. The Bertz CT molecular complexity index is 395. The van der Waals surface area contributed by atoms with E-state index < -0.39 is 24.6 Å². The molecule has 1 rings (SSSR count). The summed E-state index contributed by atoms with van der Waals surface area (Å²) in [5.74, 6) is -0.604. The highest BCUT2D eigenvalue weighted by Gasteiger charge is 2.28. The maximum atomic E-state index is 13.4. The molecule has 0 bridgehead atoms. The Balaban J connectivity index is 2.79. The standard InChI is InChI=1S/C11H14F4N2O/c1-18-10-3-2-7(4-8(10)12)9(5-16)17-6-11(13,14)15/h2-4,9,17H,5-6,16H2,1H3. The molecule has 0 spiro atoms. The molecule has 0 radical (unpaired) electrons. The minimum atomic E-state index is -4.33. The fourth-order valence-electron chi connectivity index (χ4n) is 1.48. The highest BCUT2D eigenvalue weighted by molar-refractivity contribution is 5.31. The molecule has 0 aromatic heterocycles. The maximum Gasteiger partial charge on any atom is 0.401 e. The van der Waals surface area contributed by atoms with Gasteiger partial charge in [0.25, 0.3) is 0 Å². The number of methoxy groups -OCH3 is 1. The third kappa shape index (κ3) is 4.15. The van der Waals surface area contributed by atoms with Crippen LogP contribution in [0, 0.1) is 5.82 Å². The summed E-state index contributed by atoms with van der Waals surface area (Å²) < 4.78 is 54.3. The summed E-state index contributed by atoms with van der Waals surface area (Å²) in [7, 11) is 1.31. The molecular weight excluding hydrogens is 252 g/mol. The smallest absolute Gasteiger partial charge is 0.401 e. The van der Waals surface area contributed by atoms with Crippen molar-refractivity contribution < 1.29 is 22.3 Å². The van der Waals surface area contributed by atoms with Gasteiger partial charge in [-0.15, -0.1) is 0 Å². The molecule has 0 amide bonds. The Hall–Kier alpha value is -1.34. The lowest BCUT2D eigenvalue weighted by Gasteiger charge is -2.19. The van der Waals surface area contributed by atoms with Crippen LogP contribution in [0.25, 0.3) is 0 Å². The average molecular weight is 266 g/mol. The van der Waals surface area contributed by atoms with Crippen molar-refractivity contribution in [3.63, 3.8) is 0 Å². The first-order valence-electron chi connectivity index (χ1n) is 5.21. The van der Waals surface area contributed by atoms with E-state index >= 15 is 0 Å². The number of halogens is 4. The molecule has 1 unspecified atom stereocenters. The molecule has 0 fully saturated rings. The fourth-order valence-corrected chi connectivity index (χ4v) is 1.48. The molecule has 1 aromatic rings. The maximum absolute atomic E-state index is 13.4. The van der Waals surface area contributed by atoms with Crippen LogP contribution in [0.1, 0.15) is 11.6 Å².